The first-order valence-corrected chi connectivity index (χ1v) is 4.91. The Morgan fingerprint density at radius 2 is 1.88 bits per heavy atom. The molecule has 0 spiro atoms. The molecular weight excluding hydrogens is 220 g/mol. The standard InChI is InChI=1S/C12H10N2O3/c15-12(16)10-8-14(17)7-6-11(10)13-9-4-2-1-3-5-9/h1-8,17H,(H,15,16). The fraction of sp³-hybridized carbons (Fsp3) is 0. The van der Waals surface area contributed by atoms with E-state index in [2.05, 4.69) is 4.99 Å². The zero-order valence-electron chi connectivity index (χ0n) is 8.82. The molecule has 5 heteroatoms. The van der Waals surface area contributed by atoms with Gasteiger partial charge >= 0.3 is 5.97 Å². The summed E-state index contributed by atoms with van der Waals surface area (Å²) < 4.78 is 0.688. The van der Waals surface area contributed by atoms with Crippen LogP contribution in [0.5, 0.6) is 0 Å². The van der Waals surface area contributed by atoms with Gasteiger partial charge in [0.1, 0.15) is 5.56 Å². The third-order valence-corrected chi connectivity index (χ3v) is 2.16. The van der Waals surface area contributed by atoms with Crippen LogP contribution in [0.15, 0.2) is 53.8 Å². The summed E-state index contributed by atoms with van der Waals surface area (Å²) in [4.78, 5) is 15.2. The number of hydrogen-bond acceptors (Lipinski definition) is 3. The highest BCUT2D eigenvalue weighted by molar-refractivity contribution is 5.86. The first-order valence-electron chi connectivity index (χ1n) is 4.91. The van der Waals surface area contributed by atoms with Crippen LogP contribution < -0.4 is 5.36 Å². The van der Waals surface area contributed by atoms with Crippen LogP contribution in [0.3, 0.4) is 0 Å². The predicted molar refractivity (Wildman–Crippen MR) is 60.2 cm³/mol. The van der Waals surface area contributed by atoms with E-state index in [1.807, 2.05) is 18.2 Å². The topological polar surface area (TPSA) is 74.8 Å². The highest BCUT2D eigenvalue weighted by atomic mass is 16.5. The number of carboxylic acids is 1. The second kappa shape index (κ2) is 4.52. The summed E-state index contributed by atoms with van der Waals surface area (Å²) in [6.07, 6.45) is 2.43. The Balaban J connectivity index is 2.60. The third kappa shape index (κ3) is 2.52. The van der Waals surface area contributed by atoms with E-state index in [1.54, 1.807) is 12.1 Å². The Morgan fingerprint density at radius 3 is 2.53 bits per heavy atom. The summed E-state index contributed by atoms with van der Waals surface area (Å²) in [6.45, 7) is 0. The molecule has 2 rings (SSSR count). The second-order valence-corrected chi connectivity index (χ2v) is 3.38. The minimum absolute atomic E-state index is 0.0566. The maximum absolute atomic E-state index is 11.0. The van der Waals surface area contributed by atoms with Gasteiger partial charge in [-0.15, -0.1) is 0 Å². The number of carbonyl (C=O) groups is 1. The molecule has 0 fully saturated rings. The van der Waals surface area contributed by atoms with Crippen molar-refractivity contribution in [3.8, 4) is 0 Å². The number of aromatic nitrogens is 1. The summed E-state index contributed by atoms with van der Waals surface area (Å²) in [5.74, 6) is -1.14. The summed E-state index contributed by atoms with van der Waals surface area (Å²) in [6, 6.07) is 10.5. The lowest BCUT2D eigenvalue weighted by Crippen LogP contribution is -2.17. The first kappa shape index (κ1) is 10.9. The zero-order chi connectivity index (χ0) is 12.3. The monoisotopic (exact) mass is 230 g/mol. The first-order chi connectivity index (χ1) is 8.16. The molecule has 1 heterocycles. The lowest BCUT2D eigenvalue weighted by molar-refractivity contribution is 0.0689. The molecular formula is C12H10N2O3. The van der Waals surface area contributed by atoms with Crippen molar-refractivity contribution in [1.82, 2.24) is 4.73 Å². The number of carboxylic acid groups (broad SMARTS) is 1. The Bertz CT molecular complexity index is 603. The van der Waals surface area contributed by atoms with E-state index in [0.717, 1.165) is 6.20 Å². The van der Waals surface area contributed by atoms with Crippen molar-refractivity contribution >= 4 is 11.7 Å². The van der Waals surface area contributed by atoms with Crippen molar-refractivity contribution in [3.05, 3.63) is 59.7 Å². The number of nitrogens with zero attached hydrogens (tertiary/aromatic N) is 2. The van der Waals surface area contributed by atoms with E-state index in [4.69, 9.17) is 10.3 Å². The Labute approximate surface area is 96.9 Å². The molecule has 1 aromatic carbocycles. The molecule has 0 saturated carbocycles. The van der Waals surface area contributed by atoms with E-state index in [0.29, 0.717) is 15.8 Å². The van der Waals surface area contributed by atoms with E-state index in [1.165, 1.54) is 12.3 Å². The molecule has 0 aliphatic rings. The number of benzene rings is 1. The molecule has 17 heavy (non-hydrogen) atoms. The third-order valence-electron chi connectivity index (χ3n) is 2.16. The smallest absolute Gasteiger partial charge is 0.339 e. The average molecular weight is 230 g/mol. The lowest BCUT2D eigenvalue weighted by atomic mass is 10.2. The molecule has 0 atom stereocenters. The van der Waals surface area contributed by atoms with Crippen LogP contribution in [0.25, 0.3) is 0 Å². The van der Waals surface area contributed by atoms with E-state index < -0.39 is 5.97 Å². The van der Waals surface area contributed by atoms with Gasteiger partial charge in [-0.25, -0.2) is 14.5 Å². The van der Waals surface area contributed by atoms with Crippen LogP contribution in [0.2, 0.25) is 0 Å². The van der Waals surface area contributed by atoms with Gasteiger partial charge in [0.15, 0.2) is 0 Å². The van der Waals surface area contributed by atoms with Gasteiger partial charge in [0, 0.05) is 6.20 Å². The van der Waals surface area contributed by atoms with Crippen LogP contribution in [0.4, 0.5) is 5.69 Å². The van der Waals surface area contributed by atoms with Gasteiger partial charge < -0.3 is 10.3 Å². The van der Waals surface area contributed by atoms with Crippen LogP contribution in [0, 0.1) is 0 Å². The molecule has 0 aliphatic carbocycles. The number of hydrogen-bond donors (Lipinski definition) is 2. The Morgan fingerprint density at radius 1 is 1.18 bits per heavy atom. The Hall–Kier alpha value is -2.56. The molecule has 0 saturated heterocycles. The summed E-state index contributed by atoms with van der Waals surface area (Å²) in [5, 5.41) is 18.4. The summed E-state index contributed by atoms with van der Waals surface area (Å²) in [7, 11) is 0. The maximum atomic E-state index is 11.0. The molecule has 2 N–H and O–H groups in total. The van der Waals surface area contributed by atoms with E-state index in [9.17, 15) is 4.79 Å². The fourth-order valence-electron chi connectivity index (χ4n) is 1.38. The van der Waals surface area contributed by atoms with Gasteiger partial charge in [0.05, 0.1) is 17.2 Å². The summed E-state index contributed by atoms with van der Waals surface area (Å²) in [5.41, 5.74) is 0.601. The molecule has 5 nitrogen and oxygen atoms in total. The normalized spacial score (nSPS) is 11.4. The van der Waals surface area contributed by atoms with Gasteiger partial charge in [-0.3, -0.25) is 0 Å². The van der Waals surface area contributed by atoms with Crippen LogP contribution in [-0.2, 0) is 0 Å². The minimum atomic E-state index is -1.14. The van der Waals surface area contributed by atoms with Gasteiger partial charge in [0.2, 0.25) is 0 Å². The highest BCUT2D eigenvalue weighted by Crippen LogP contribution is 2.08. The van der Waals surface area contributed by atoms with Crippen molar-refractivity contribution in [2.45, 2.75) is 0 Å². The fourth-order valence-corrected chi connectivity index (χ4v) is 1.38. The van der Waals surface area contributed by atoms with Crippen LogP contribution in [0.1, 0.15) is 10.4 Å². The summed E-state index contributed by atoms with van der Waals surface area (Å²) >= 11 is 0. The molecule has 0 radical (unpaired) electrons. The molecule has 0 amide bonds. The van der Waals surface area contributed by atoms with Crippen molar-refractivity contribution in [2.75, 3.05) is 0 Å². The predicted octanol–water partition coefficient (Wildman–Crippen LogP) is 1.66. The van der Waals surface area contributed by atoms with Crippen LogP contribution >= 0.6 is 0 Å². The SMILES string of the molecule is O=C(O)c1cn(O)ccc1=Nc1ccccc1. The number of aromatic carboxylic acids is 1. The zero-order valence-corrected chi connectivity index (χ0v) is 8.82. The molecule has 0 unspecified atom stereocenters. The molecule has 2 aromatic rings. The Kier molecular flexibility index (Phi) is 2.91. The lowest BCUT2D eigenvalue weighted by Gasteiger charge is -2.00. The second-order valence-electron chi connectivity index (χ2n) is 3.38. The van der Waals surface area contributed by atoms with Gasteiger partial charge in [-0.1, -0.05) is 18.2 Å². The number of rotatable bonds is 2. The highest BCUT2D eigenvalue weighted by Gasteiger charge is 2.06. The number of pyridine rings is 1. The quantitative estimate of drug-likeness (QED) is 0.770. The van der Waals surface area contributed by atoms with Crippen molar-refractivity contribution in [2.24, 2.45) is 4.99 Å². The van der Waals surface area contributed by atoms with Crippen LogP contribution in [-0.4, -0.2) is 21.0 Å². The maximum Gasteiger partial charge on any atom is 0.339 e. The van der Waals surface area contributed by atoms with Gasteiger partial charge in [0.25, 0.3) is 0 Å². The van der Waals surface area contributed by atoms with E-state index >= 15 is 0 Å². The largest absolute Gasteiger partial charge is 0.478 e. The van der Waals surface area contributed by atoms with E-state index in [-0.39, 0.29) is 5.56 Å². The van der Waals surface area contributed by atoms with Gasteiger partial charge in [-0.2, -0.15) is 0 Å². The minimum Gasteiger partial charge on any atom is -0.478 e. The van der Waals surface area contributed by atoms with Crippen molar-refractivity contribution < 1.29 is 15.1 Å². The van der Waals surface area contributed by atoms with Crippen molar-refractivity contribution in [3.63, 3.8) is 0 Å². The number of para-hydroxylation sites is 1. The molecule has 0 aliphatic heterocycles. The molecule has 86 valence electrons. The molecule has 0 bridgehead atoms. The van der Waals surface area contributed by atoms with Gasteiger partial charge in [-0.05, 0) is 18.2 Å². The van der Waals surface area contributed by atoms with Crippen molar-refractivity contribution in [1.29, 1.82) is 0 Å². The average Bonchev–Trinajstić information content (AvgIpc) is 2.32. The molecule has 1 aromatic heterocycles.